The number of ether oxygens (including phenoxy) is 1. The van der Waals surface area contributed by atoms with Gasteiger partial charge in [-0.3, -0.25) is 4.79 Å². The fourth-order valence-electron chi connectivity index (χ4n) is 4.73. The summed E-state index contributed by atoms with van der Waals surface area (Å²) >= 11 is 0. The molecule has 1 atom stereocenters. The van der Waals surface area contributed by atoms with Crippen LogP contribution in [0.5, 0.6) is 5.75 Å². The standard InChI is InChI=1S/C30H31N3O6S/c1-21-26(32-30(39-21)24-8-3-2-4-9-24)17-18-38-25-14-11-22(12-15-25)19-33(20-29(34)35)40(36,37)28-16-13-23-7-5-6-10-27(23)31-28/h2-12,14-15,28,31H,13,16-20H2,1H3,(H,34,35). The molecular weight excluding hydrogens is 530 g/mol. The van der Waals surface area contributed by atoms with Gasteiger partial charge in [0.1, 0.15) is 23.4 Å². The van der Waals surface area contributed by atoms with Crippen molar-refractivity contribution in [3.8, 4) is 17.2 Å². The molecule has 40 heavy (non-hydrogen) atoms. The van der Waals surface area contributed by atoms with Gasteiger partial charge >= 0.3 is 5.97 Å². The Kier molecular flexibility index (Phi) is 8.18. The van der Waals surface area contributed by atoms with E-state index in [4.69, 9.17) is 9.15 Å². The Hall–Kier alpha value is -4.15. The van der Waals surface area contributed by atoms with Gasteiger partial charge < -0.3 is 19.6 Å². The molecule has 4 aromatic rings. The highest BCUT2D eigenvalue weighted by atomic mass is 32.2. The number of anilines is 1. The number of hydrogen-bond acceptors (Lipinski definition) is 7. The van der Waals surface area contributed by atoms with Gasteiger partial charge in [-0.1, -0.05) is 48.5 Å². The summed E-state index contributed by atoms with van der Waals surface area (Å²) in [6, 6.07) is 24.2. The van der Waals surface area contributed by atoms with E-state index in [2.05, 4.69) is 10.3 Å². The molecule has 9 nitrogen and oxygen atoms in total. The molecule has 0 amide bonds. The van der Waals surface area contributed by atoms with Crippen molar-refractivity contribution in [1.82, 2.24) is 9.29 Å². The number of carboxylic acid groups (broad SMARTS) is 1. The molecule has 1 aliphatic heterocycles. The number of hydrogen-bond donors (Lipinski definition) is 2. The Balaban J connectivity index is 1.20. The van der Waals surface area contributed by atoms with E-state index >= 15 is 0 Å². The number of nitrogens with zero attached hydrogens (tertiary/aromatic N) is 2. The molecule has 208 valence electrons. The van der Waals surface area contributed by atoms with Crippen molar-refractivity contribution in [3.63, 3.8) is 0 Å². The molecule has 0 spiro atoms. The van der Waals surface area contributed by atoms with Crippen LogP contribution in [0.3, 0.4) is 0 Å². The fourth-order valence-corrected chi connectivity index (χ4v) is 6.40. The molecule has 0 saturated heterocycles. The van der Waals surface area contributed by atoms with Crippen LogP contribution in [0.4, 0.5) is 5.69 Å². The summed E-state index contributed by atoms with van der Waals surface area (Å²) in [5.41, 5.74) is 4.20. The molecule has 0 fully saturated rings. The quantitative estimate of drug-likeness (QED) is 0.266. The Labute approximate surface area is 233 Å². The minimum absolute atomic E-state index is 0.0604. The maximum absolute atomic E-state index is 13.5. The first-order valence-corrected chi connectivity index (χ1v) is 14.6. The van der Waals surface area contributed by atoms with Crippen LogP contribution >= 0.6 is 0 Å². The first-order valence-electron chi connectivity index (χ1n) is 13.1. The van der Waals surface area contributed by atoms with Gasteiger partial charge in [0.15, 0.2) is 0 Å². The minimum atomic E-state index is -3.94. The maximum Gasteiger partial charge on any atom is 0.318 e. The van der Waals surface area contributed by atoms with E-state index in [1.54, 1.807) is 24.3 Å². The molecule has 0 radical (unpaired) electrons. The number of aromatic nitrogens is 1. The van der Waals surface area contributed by atoms with Crippen LogP contribution in [0.2, 0.25) is 0 Å². The lowest BCUT2D eigenvalue weighted by molar-refractivity contribution is -0.137. The van der Waals surface area contributed by atoms with Crippen molar-refractivity contribution in [2.45, 2.75) is 38.1 Å². The second kappa shape index (κ2) is 11.9. The highest BCUT2D eigenvalue weighted by Crippen LogP contribution is 2.29. The number of nitrogens with one attached hydrogen (secondary N) is 1. The van der Waals surface area contributed by atoms with E-state index in [-0.39, 0.29) is 6.54 Å². The van der Waals surface area contributed by atoms with Gasteiger partial charge in [-0.25, -0.2) is 13.4 Å². The maximum atomic E-state index is 13.5. The summed E-state index contributed by atoms with van der Waals surface area (Å²) in [7, 11) is -3.94. The van der Waals surface area contributed by atoms with E-state index in [1.807, 2.05) is 61.5 Å². The SMILES string of the molecule is Cc1oc(-c2ccccc2)nc1CCOc1ccc(CN(CC(=O)O)S(=O)(=O)C2CCc3ccccc3N2)cc1. The van der Waals surface area contributed by atoms with Crippen LogP contribution in [0.15, 0.2) is 83.3 Å². The molecule has 0 aliphatic carbocycles. The normalized spacial score (nSPS) is 14.9. The molecule has 1 aliphatic rings. The van der Waals surface area contributed by atoms with Crippen LogP contribution in [-0.2, 0) is 34.2 Å². The summed E-state index contributed by atoms with van der Waals surface area (Å²) in [4.78, 5) is 16.2. The third kappa shape index (κ3) is 6.35. The second-order valence-corrected chi connectivity index (χ2v) is 11.8. The van der Waals surface area contributed by atoms with Crippen molar-refractivity contribution in [3.05, 3.63) is 101 Å². The van der Waals surface area contributed by atoms with Gasteiger partial charge in [-0.15, -0.1) is 0 Å². The van der Waals surface area contributed by atoms with Crippen LogP contribution in [0.1, 0.15) is 29.0 Å². The minimum Gasteiger partial charge on any atom is -0.493 e. The lowest BCUT2D eigenvalue weighted by atomic mass is 10.0. The second-order valence-electron chi connectivity index (χ2n) is 9.67. The Morgan fingerprint density at radius 1 is 1.07 bits per heavy atom. The van der Waals surface area contributed by atoms with Gasteiger partial charge in [0.25, 0.3) is 0 Å². The van der Waals surface area contributed by atoms with Gasteiger partial charge in [0.05, 0.1) is 12.3 Å². The smallest absolute Gasteiger partial charge is 0.318 e. The Morgan fingerprint density at radius 2 is 1.80 bits per heavy atom. The molecular formula is C30H31N3O6S. The predicted molar refractivity (Wildman–Crippen MR) is 151 cm³/mol. The molecule has 1 aromatic heterocycles. The van der Waals surface area contributed by atoms with Crippen molar-refractivity contribution < 1.29 is 27.5 Å². The van der Waals surface area contributed by atoms with Gasteiger partial charge in [0.2, 0.25) is 15.9 Å². The van der Waals surface area contributed by atoms with Crippen LogP contribution < -0.4 is 10.1 Å². The highest BCUT2D eigenvalue weighted by molar-refractivity contribution is 7.89. The number of aryl methyl sites for hydroxylation is 2. The number of para-hydroxylation sites is 1. The van der Waals surface area contributed by atoms with Crippen LogP contribution in [-0.4, -0.2) is 47.3 Å². The number of benzene rings is 3. The van der Waals surface area contributed by atoms with E-state index in [0.717, 1.165) is 32.6 Å². The lowest BCUT2D eigenvalue weighted by Gasteiger charge is -2.31. The number of rotatable bonds is 11. The number of carbonyl (C=O) groups is 1. The van der Waals surface area contributed by atoms with E-state index < -0.39 is 27.9 Å². The third-order valence-electron chi connectivity index (χ3n) is 6.84. The summed E-state index contributed by atoms with van der Waals surface area (Å²) < 4.78 is 39.6. The van der Waals surface area contributed by atoms with Crippen molar-refractivity contribution >= 4 is 21.7 Å². The molecule has 2 heterocycles. The van der Waals surface area contributed by atoms with Gasteiger partial charge in [-0.05, 0) is 61.2 Å². The first-order chi connectivity index (χ1) is 19.3. The van der Waals surface area contributed by atoms with Crippen molar-refractivity contribution in [2.24, 2.45) is 0 Å². The van der Waals surface area contributed by atoms with E-state index in [0.29, 0.717) is 43.1 Å². The summed E-state index contributed by atoms with van der Waals surface area (Å²) in [5.74, 6) is 0.726. The number of carboxylic acids is 1. The largest absolute Gasteiger partial charge is 0.493 e. The molecule has 10 heteroatoms. The molecule has 2 N–H and O–H groups in total. The number of oxazole rings is 1. The Morgan fingerprint density at radius 3 is 2.55 bits per heavy atom. The molecule has 3 aromatic carbocycles. The Bertz CT molecular complexity index is 1570. The van der Waals surface area contributed by atoms with Crippen molar-refractivity contribution in [1.29, 1.82) is 0 Å². The number of sulfonamides is 1. The topological polar surface area (TPSA) is 122 Å². The summed E-state index contributed by atoms with van der Waals surface area (Å²) in [6.07, 6.45) is 1.52. The number of aliphatic carboxylic acids is 1. The van der Waals surface area contributed by atoms with E-state index in [9.17, 15) is 18.3 Å². The molecule has 0 saturated carbocycles. The number of fused-ring (bicyclic) bond motifs is 1. The van der Waals surface area contributed by atoms with Gasteiger partial charge in [0, 0.05) is 24.2 Å². The third-order valence-corrected chi connectivity index (χ3v) is 8.89. The monoisotopic (exact) mass is 561 g/mol. The molecule has 0 bridgehead atoms. The summed E-state index contributed by atoms with van der Waals surface area (Å²) in [6.45, 7) is 1.58. The average Bonchev–Trinajstić information content (AvgIpc) is 3.33. The highest BCUT2D eigenvalue weighted by Gasteiger charge is 2.35. The summed E-state index contributed by atoms with van der Waals surface area (Å²) in [5, 5.41) is 11.6. The lowest BCUT2D eigenvalue weighted by Crippen LogP contribution is -2.45. The van der Waals surface area contributed by atoms with Gasteiger partial charge in [-0.2, -0.15) is 4.31 Å². The predicted octanol–water partition coefficient (Wildman–Crippen LogP) is 4.87. The zero-order valence-electron chi connectivity index (χ0n) is 22.1. The zero-order valence-corrected chi connectivity index (χ0v) is 22.9. The average molecular weight is 562 g/mol. The zero-order chi connectivity index (χ0) is 28.1. The first kappa shape index (κ1) is 27.4. The van der Waals surface area contributed by atoms with E-state index in [1.165, 1.54) is 0 Å². The fraction of sp³-hybridized carbons (Fsp3) is 0.267. The van der Waals surface area contributed by atoms with Crippen LogP contribution in [0.25, 0.3) is 11.5 Å². The molecule has 5 rings (SSSR count). The molecule has 1 unspecified atom stereocenters. The van der Waals surface area contributed by atoms with Crippen LogP contribution in [0, 0.1) is 6.92 Å². The van der Waals surface area contributed by atoms with Crippen molar-refractivity contribution in [2.75, 3.05) is 18.5 Å².